The molecule has 0 unspecified atom stereocenters. The minimum Gasteiger partial charge on any atom is -0.272 e. The van der Waals surface area contributed by atoms with Crippen molar-refractivity contribution in [2.24, 2.45) is 11.0 Å². The topological polar surface area (TPSA) is 41.5 Å². The molecule has 1 aromatic carbocycles. The average Bonchev–Trinajstić information content (AvgIpc) is 2.53. The predicted molar refractivity (Wildman–Crippen MR) is 59.9 cm³/mol. The highest BCUT2D eigenvalue weighted by Gasteiger charge is 2.26. The van der Waals surface area contributed by atoms with Gasteiger partial charge in [0, 0.05) is 10.7 Å². The molecule has 2 rings (SSSR count). The third-order valence-corrected chi connectivity index (χ3v) is 2.77. The number of nitrogens with zero attached hydrogens (tertiary/aromatic N) is 1. The Labute approximate surface area is 93.1 Å². The van der Waals surface area contributed by atoms with Gasteiger partial charge in [-0.2, -0.15) is 5.10 Å². The first-order valence-corrected chi connectivity index (χ1v) is 5.13. The van der Waals surface area contributed by atoms with Crippen LogP contribution in [0.2, 0.25) is 5.02 Å². The van der Waals surface area contributed by atoms with Crippen molar-refractivity contribution >= 4 is 23.2 Å². The van der Waals surface area contributed by atoms with E-state index < -0.39 is 0 Å². The summed E-state index contributed by atoms with van der Waals surface area (Å²) >= 11 is 5.78. The number of hydrogen-bond donors (Lipinski definition) is 1. The average molecular weight is 223 g/mol. The highest BCUT2D eigenvalue weighted by Crippen LogP contribution is 2.16. The van der Waals surface area contributed by atoms with Crippen LogP contribution < -0.4 is 5.43 Å². The largest absolute Gasteiger partial charge is 0.272 e. The first-order valence-electron chi connectivity index (χ1n) is 4.75. The van der Waals surface area contributed by atoms with Gasteiger partial charge in [-0.25, -0.2) is 5.43 Å². The zero-order valence-electron chi connectivity index (χ0n) is 8.33. The molecule has 0 bridgehead atoms. The molecule has 15 heavy (non-hydrogen) atoms. The van der Waals surface area contributed by atoms with Gasteiger partial charge in [0.15, 0.2) is 0 Å². The van der Waals surface area contributed by atoms with E-state index >= 15 is 0 Å². The maximum Gasteiger partial charge on any atom is 0.249 e. The van der Waals surface area contributed by atoms with Crippen LogP contribution in [0.15, 0.2) is 29.4 Å². The van der Waals surface area contributed by atoms with Crippen LogP contribution in [0.1, 0.15) is 12.5 Å². The fourth-order valence-electron chi connectivity index (χ4n) is 1.59. The molecule has 1 heterocycles. The van der Waals surface area contributed by atoms with E-state index in [1.165, 1.54) is 0 Å². The SMILES string of the molecule is CC1=NNC(=O)[C@H]1Cc1ccc(Cl)cc1. The Morgan fingerprint density at radius 1 is 1.40 bits per heavy atom. The molecule has 0 saturated heterocycles. The van der Waals surface area contributed by atoms with Gasteiger partial charge in [0.1, 0.15) is 0 Å². The van der Waals surface area contributed by atoms with Crippen molar-refractivity contribution in [2.75, 3.05) is 0 Å². The van der Waals surface area contributed by atoms with Gasteiger partial charge < -0.3 is 0 Å². The summed E-state index contributed by atoms with van der Waals surface area (Å²) in [6, 6.07) is 7.52. The molecule has 1 atom stereocenters. The fraction of sp³-hybridized carbons (Fsp3) is 0.273. The van der Waals surface area contributed by atoms with Crippen LogP contribution in [-0.2, 0) is 11.2 Å². The second-order valence-electron chi connectivity index (χ2n) is 3.61. The molecule has 0 fully saturated rings. The molecular weight excluding hydrogens is 212 g/mol. The van der Waals surface area contributed by atoms with Gasteiger partial charge in [0.05, 0.1) is 5.92 Å². The van der Waals surface area contributed by atoms with Crippen molar-refractivity contribution < 1.29 is 4.79 Å². The van der Waals surface area contributed by atoms with Gasteiger partial charge in [-0.15, -0.1) is 0 Å². The zero-order chi connectivity index (χ0) is 10.8. The molecule has 1 aliphatic heterocycles. The van der Waals surface area contributed by atoms with Gasteiger partial charge in [-0.05, 0) is 31.0 Å². The summed E-state index contributed by atoms with van der Waals surface area (Å²) in [5.41, 5.74) is 4.41. The summed E-state index contributed by atoms with van der Waals surface area (Å²) in [6.07, 6.45) is 0.679. The van der Waals surface area contributed by atoms with E-state index in [9.17, 15) is 4.79 Å². The quantitative estimate of drug-likeness (QED) is 0.817. The number of nitrogens with one attached hydrogen (secondary N) is 1. The van der Waals surface area contributed by atoms with E-state index in [1.807, 2.05) is 31.2 Å². The Hall–Kier alpha value is -1.35. The van der Waals surface area contributed by atoms with Gasteiger partial charge in [0.25, 0.3) is 0 Å². The molecular formula is C11H11ClN2O. The van der Waals surface area contributed by atoms with Crippen LogP contribution in [0.4, 0.5) is 0 Å². The summed E-state index contributed by atoms with van der Waals surface area (Å²) < 4.78 is 0. The first-order chi connectivity index (χ1) is 7.16. The first kappa shape index (κ1) is 10.2. The lowest BCUT2D eigenvalue weighted by Gasteiger charge is -2.07. The van der Waals surface area contributed by atoms with E-state index in [0.717, 1.165) is 11.3 Å². The number of halogens is 1. The van der Waals surface area contributed by atoms with E-state index in [-0.39, 0.29) is 11.8 Å². The van der Waals surface area contributed by atoms with Crippen LogP contribution in [0.3, 0.4) is 0 Å². The Balaban J connectivity index is 2.12. The number of carbonyl (C=O) groups is 1. The summed E-state index contributed by atoms with van der Waals surface area (Å²) in [4.78, 5) is 11.4. The number of benzene rings is 1. The van der Waals surface area contributed by atoms with Crippen molar-refractivity contribution in [1.82, 2.24) is 5.43 Å². The highest BCUT2D eigenvalue weighted by atomic mass is 35.5. The van der Waals surface area contributed by atoms with Gasteiger partial charge in [-0.1, -0.05) is 23.7 Å². The monoisotopic (exact) mass is 222 g/mol. The minimum absolute atomic E-state index is 0.0255. The molecule has 0 saturated carbocycles. The van der Waals surface area contributed by atoms with Gasteiger partial charge in [0.2, 0.25) is 5.91 Å². The summed E-state index contributed by atoms with van der Waals surface area (Å²) in [5.74, 6) is -0.159. The molecule has 0 spiro atoms. The summed E-state index contributed by atoms with van der Waals surface area (Å²) in [6.45, 7) is 1.86. The minimum atomic E-state index is -0.133. The van der Waals surface area contributed by atoms with E-state index in [1.54, 1.807) is 0 Å². The van der Waals surface area contributed by atoms with Gasteiger partial charge >= 0.3 is 0 Å². The van der Waals surface area contributed by atoms with E-state index in [2.05, 4.69) is 10.5 Å². The van der Waals surface area contributed by atoms with Crippen LogP contribution in [0.25, 0.3) is 0 Å². The molecule has 1 aromatic rings. The standard InChI is InChI=1S/C11H11ClN2O/c1-7-10(11(15)14-13-7)6-8-2-4-9(12)5-3-8/h2-5,10H,6H2,1H3,(H,14,15)/t10-/m0/s1. The molecule has 1 aliphatic rings. The molecule has 4 heteroatoms. The van der Waals surface area contributed by atoms with E-state index in [0.29, 0.717) is 11.4 Å². The number of hydrazone groups is 1. The Kier molecular flexibility index (Phi) is 2.73. The normalized spacial score (nSPS) is 20.0. The maximum atomic E-state index is 11.4. The molecule has 3 nitrogen and oxygen atoms in total. The zero-order valence-corrected chi connectivity index (χ0v) is 9.08. The maximum absolute atomic E-state index is 11.4. The summed E-state index contributed by atoms with van der Waals surface area (Å²) in [7, 11) is 0. The lowest BCUT2D eigenvalue weighted by molar-refractivity contribution is -0.122. The molecule has 1 amide bonds. The van der Waals surface area contributed by atoms with Crippen molar-refractivity contribution in [3.63, 3.8) is 0 Å². The van der Waals surface area contributed by atoms with Crippen molar-refractivity contribution in [1.29, 1.82) is 0 Å². The predicted octanol–water partition coefficient (Wildman–Crippen LogP) is 2.00. The van der Waals surface area contributed by atoms with Crippen molar-refractivity contribution in [2.45, 2.75) is 13.3 Å². The molecule has 78 valence electrons. The van der Waals surface area contributed by atoms with Crippen LogP contribution in [-0.4, -0.2) is 11.6 Å². The Bertz CT molecular complexity index is 411. The van der Waals surface area contributed by atoms with Crippen LogP contribution >= 0.6 is 11.6 Å². The highest BCUT2D eigenvalue weighted by molar-refractivity contribution is 6.30. The fourth-order valence-corrected chi connectivity index (χ4v) is 1.71. The number of rotatable bonds is 2. The molecule has 0 aliphatic carbocycles. The van der Waals surface area contributed by atoms with Crippen molar-refractivity contribution in [3.8, 4) is 0 Å². The molecule has 0 radical (unpaired) electrons. The van der Waals surface area contributed by atoms with Gasteiger partial charge in [-0.3, -0.25) is 4.79 Å². The number of amides is 1. The Morgan fingerprint density at radius 2 is 2.07 bits per heavy atom. The van der Waals surface area contributed by atoms with Crippen molar-refractivity contribution in [3.05, 3.63) is 34.9 Å². The number of hydrogen-bond acceptors (Lipinski definition) is 2. The lowest BCUT2D eigenvalue weighted by atomic mass is 9.96. The molecule has 1 N–H and O–H groups in total. The lowest BCUT2D eigenvalue weighted by Crippen LogP contribution is -2.24. The van der Waals surface area contributed by atoms with Crippen LogP contribution in [0.5, 0.6) is 0 Å². The van der Waals surface area contributed by atoms with E-state index in [4.69, 9.17) is 11.6 Å². The Morgan fingerprint density at radius 3 is 2.60 bits per heavy atom. The third-order valence-electron chi connectivity index (χ3n) is 2.52. The number of carbonyl (C=O) groups excluding carboxylic acids is 1. The molecule has 0 aromatic heterocycles. The second-order valence-corrected chi connectivity index (χ2v) is 4.05. The third kappa shape index (κ3) is 2.18. The van der Waals surface area contributed by atoms with Crippen LogP contribution in [0, 0.1) is 5.92 Å². The second kappa shape index (κ2) is 4.03. The smallest absolute Gasteiger partial charge is 0.249 e. The summed E-state index contributed by atoms with van der Waals surface area (Å²) in [5, 5.41) is 4.61.